The van der Waals surface area contributed by atoms with Crippen molar-refractivity contribution in [3.8, 4) is 5.75 Å². The van der Waals surface area contributed by atoms with Gasteiger partial charge in [0.2, 0.25) is 0 Å². The van der Waals surface area contributed by atoms with Crippen LogP contribution in [0, 0.1) is 0 Å². The lowest BCUT2D eigenvalue weighted by molar-refractivity contribution is 0.0681. The van der Waals surface area contributed by atoms with Crippen LogP contribution in [0.5, 0.6) is 5.75 Å². The number of nitrogens with zero attached hydrogens (tertiary/aromatic N) is 1. The number of ether oxygens (including phenoxy) is 1. The standard InChI is InChI=1S/C19H26N2O2/c1-21(16-11-14-7-8-15(12-16)20-14)19(22)13-5-9-18(10-6-13)23-17-3-2-4-17/h5-6,9-10,14-17,20H,2-4,7-8,11-12H2,1H3. The maximum atomic E-state index is 12.7. The van der Waals surface area contributed by atoms with Crippen molar-refractivity contribution < 1.29 is 9.53 Å². The van der Waals surface area contributed by atoms with Gasteiger partial charge in [-0.3, -0.25) is 4.79 Å². The number of nitrogens with one attached hydrogen (secondary N) is 1. The van der Waals surface area contributed by atoms with Gasteiger partial charge in [-0.2, -0.15) is 0 Å². The zero-order valence-corrected chi connectivity index (χ0v) is 13.8. The Bertz CT molecular complexity index is 555. The average molecular weight is 314 g/mol. The summed E-state index contributed by atoms with van der Waals surface area (Å²) in [5, 5.41) is 3.64. The van der Waals surface area contributed by atoms with E-state index in [-0.39, 0.29) is 5.91 Å². The number of rotatable bonds is 4. The number of benzene rings is 1. The van der Waals surface area contributed by atoms with E-state index in [4.69, 9.17) is 4.74 Å². The highest BCUT2D eigenvalue weighted by Gasteiger charge is 2.36. The lowest BCUT2D eigenvalue weighted by Crippen LogP contribution is -2.48. The second-order valence-corrected chi connectivity index (χ2v) is 7.37. The molecule has 23 heavy (non-hydrogen) atoms. The summed E-state index contributed by atoms with van der Waals surface area (Å²) in [4.78, 5) is 14.7. The first kappa shape index (κ1) is 15.0. The third kappa shape index (κ3) is 3.09. The summed E-state index contributed by atoms with van der Waals surface area (Å²) >= 11 is 0. The molecule has 2 saturated heterocycles. The molecule has 3 fully saturated rings. The molecule has 2 heterocycles. The predicted octanol–water partition coefficient (Wildman–Crippen LogP) is 2.97. The van der Waals surface area contributed by atoms with Crippen molar-refractivity contribution >= 4 is 5.91 Å². The van der Waals surface area contributed by atoms with Gasteiger partial charge in [0.05, 0.1) is 6.10 Å². The Hall–Kier alpha value is -1.55. The van der Waals surface area contributed by atoms with Crippen LogP contribution in [-0.2, 0) is 0 Å². The molecule has 4 nitrogen and oxygen atoms in total. The van der Waals surface area contributed by atoms with Crippen molar-refractivity contribution in [2.75, 3.05) is 7.05 Å². The van der Waals surface area contributed by atoms with Crippen LogP contribution in [0.25, 0.3) is 0 Å². The first-order valence-electron chi connectivity index (χ1n) is 8.99. The Morgan fingerprint density at radius 3 is 2.30 bits per heavy atom. The average Bonchev–Trinajstić information content (AvgIpc) is 2.88. The summed E-state index contributed by atoms with van der Waals surface area (Å²) in [6.07, 6.45) is 8.65. The molecular weight excluding hydrogens is 288 g/mol. The minimum absolute atomic E-state index is 0.131. The molecule has 3 aliphatic rings. The number of hydrogen-bond acceptors (Lipinski definition) is 3. The van der Waals surface area contributed by atoms with Crippen LogP contribution >= 0.6 is 0 Å². The predicted molar refractivity (Wildman–Crippen MR) is 89.8 cm³/mol. The van der Waals surface area contributed by atoms with Gasteiger partial charge >= 0.3 is 0 Å². The van der Waals surface area contributed by atoms with Crippen LogP contribution < -0.4 is 10.1 Å². The zero-order chi connectivity index (χ0) is 15.8. The van der Waals surface area contributed by atoms with E-state index in [0.29, 0.717) is 24.2 Å². The monoisotopic (exact) mass is 314 g/mol. The molecule has 1 aliphatic carbocycles. The Morgan fingerprint density at radius 1 is 1.09 bits per heavy atom. The normalized spacial score (nSPS) is 29.9. The molecule has 124 valence electrons. The first-order chi connectivity index (χ1) is 11.2. The van der Waals surface area contributed by atoms with E-state index in [9.17, 15) is 4.79 Å². The van der Waals surface area contributed by atoms with Crippen LogP contribution in [0.4, 0.5) is 0 Å². The van der Waals surface area contributed by atoms with E-state index in [1.54, 1.807) is 0 Å². The van der Waals surface area contributed by atoms with Gasteiger partial charge in [0.25, 0.3) is 5.91 Å². The molecule has 1 N–H and O–H groups in total. The molecule has 4 rings (SSSR count). The molecule has 0 spiro atoms. The Labute approximate surface area is 138 Å². The Balaban J connectivity index is 1.39. The number of fused-ring (bicyclic) bond motifs is 2. The summed E-state index contributed by atoms with van der Waals surface area (Å²) in [6.45, 7) is 0. The van der Waals surface area contributed by atoms with E-state index < -0.39 is 0 Å². The summed E-state index contributed by atoms with van der Waals surface area (Å²) in [7, 11) is 1.95. The van der Waals surface area contributed by atoms with E-state index in [2.05, 4.69) is 5.32 Å². The minimum Gasteiger partial charge on any atom is -0.490 e. The lowest BCUT2D eigenvalue weighted by atomic mass is 9.96. The molecule has 1 saturated carbocycles. The van der Waals surface area contributed by atoms with Crippen molar-refractivity contribution in [1.82, 2.24) is 10.2 Å². The number of piperidine rings is 1. The van der Waals surface area contributed by atoms with Crippen molar-refractivity contribution in [3.05, 3.63) is 29.8 Å². The fourth-order valence-electron chi connectivity index (χ4n) is 4.07. The van der Waals surface area contributed by atoms with Crippen molar-refractivity contribution in [3.63, 3.8) is 0 Å². The van der Waals surface area contributed by atoms with Crippen molar-refractivity contribution in [2.24, 2.45) is 0 Å². The summed E-state index contributed by atoms with van der Waals surface area (Å²) in [6, 6.07) is 9.26. The fraction of sp³-hybridized carbons (Fsp3) is 0.632. The van der Waals surface area contributed by atoms with Gasteiger partial charge in [-0.05, 0) is 69.2 Å². The molecule has 2 aliphatic heterocycles. The van der Waals surface area contributed by atoms with Crippen LogP contribution in [0.15, 0.2) is 24.3 Å². The van der Waals surface area contributed by atoms with Gasteiger partial charge in [0.15, 0.2) is 0 Å². The maximum absolute atomic E-state index is 12.7. The SMILES string of the molecule is CN(C(=O)c1ccc(OC2CCC2)cc1)C1CC2CCC(C1)N2. The second kappa shape index (κ2) is 6.16. The third-order valence-corrected chi connectivity index (χ3v) is 5.77. The Morgan fingerprint density at radius 2 is 1.74 bits per heavy atom. The number of amides is 1. The van der Waals surface area contributed by atoms with Gasteiger partial charge < -0.3 is 15.0 Å². The van der Waals surface area contributed by atoms with Crippen molar-refractivity contribution in [1.29, 1.82) is 0 Å². The highest BCUT2D eigenvalue weighted by molar-refractivity contribution is 5.94. The van der Waals surface area contributed by atoms with Gasteiger partial charge in [-0.15, -0.1) is 0 Å². The summed E-state index contributed by atoms with van der Waals surface area (Å²) in [5.41, 5.74) is 0.763. The fourth-order valence-corrected chi connectivity index (χ4v) is 4.07. The lowest BCUT2D eigenvalue weighted by Gasteiger charge is -2.35. The topological polar surface area (TPSA) is 41.6 Å². The van der Waals surface area contributed by atoms with E-state index >= 15 is 0 Å². The van der Waals surface area contributed by atoms with E-state index in [0.717, 1.165) is 37.0 Å². The zero-order valence-electron chi connectivity index (χ0n) is 13.8. The molecule has 0 aromatic heterocycles. The molecule has 2 unspecified atom stereocenters. The smallest absolute Gasteiger partial charge is 0.253 e. The summed E-state index contributed by atoms with van der Waals surface area (Å²) in [5.74, 6) is 1.01. The molecule has 4 heteroatoms. The van der Waals surface area contributed by atoms with E-state index in [1.165, 1.54) is 19.3 Å². The second-order valence-electron chi connectivity index (χ2n) is 7.37. The van der Waals surface area contributed by atoms with Gasteiger partial charge in [-0.25, -0.2) is 0 Å². The van der Waals surface area contributed by atoms with Gasteiger partial charge in [-0.1, -0.05) is 0 Å². The maximum Gasteiger partial charge on any atom is 0.253 e. The van der Waals surface area contributed by atoms with Gasteiger partial charge in [0.1, 0.15) is 5.75 Å². The highest BCUT2D eigenvalue weighted by atomic mass is 16.5. The molecule has 0 radical (unpaired) electrons. The number of hydrogen-bond donors (Lipinski definition) is 1. The third-order valence-electron chi connectivity index (χ3n) is 5.77. The van der Waals surface area contributed by atoms with Crippen LogP contribution in [-0.4, -0.2) is 42.1 Å². The van der Waals surface area contributed by atoms with Crippen LogP contribution in [0.2, 0.25) is 0 Å². The van der Waals surface area contributed by atoms with Crippen molar-refractivity contribution in [2.45, 2.75) is 69.2 Å². The number of carbonyl (C=O) groups excluding carboxylic acids is 1. The molecule has 2 bridgehead atoms. The highest BCUT2D eigenvalue weighted by Crippen LogP contribution is 2.30. The van der Waals surface area contributed by atoms with Gasteiger partial charge in [0, 0.05) is 30.7 Å². The largest absolute Gasteiger partial charge is 0.490 e. The van der Waals surface area contributed by atoms with E-state index in [1.807, 2.05) is 36.2 Å². The van der Waals surface area contributed by atoms with Crippen LogP contribution in [0.3, 0.4) is 0 Å². The summed E-state index contributed by atoms with van der Waals surface area (Å²) < 4.78 is 5.87. The quantitative estimate of drug-likeness (QED) is 0.929. The Kier molecular flexibility index (Phi) is 4.02. The van der Waals surface area contributed by atoms with Crippen LogP contribution in [0.1, 0.15) is 55.3 Å². The molecule has 1 aromatic rings. The molecular formula is C19H26N2O2. The minimum atomic E-state index is 0.131. The molecule has 1 amide bonds. The molecule has 2 atom stereocenters. The first-order valence-corrected chi connectivity index (χ1v) is 8.99. The number of carbonyl (C=O) groups is 1. The molecule has 1 aromatic carbocycles.